The zero-order valence-electron chi connectivity index (χ0n) is 14.4. The van der Waals surface area contributed by atoms with Gasteiger partial charge in [0.15, 0.2) is 6.61 Å². The van der Waals surface area contributed by atoms with Crippen LogP contribution in [0.3, 0.4) is 0 Å². The summed E-state index contributed by atoms with van der Waals surface area (Å²) in [7, 11) is 1.61. The van der Waals surface area contributed by atoms with E-state index in [1.54, 1.807) is 19.2 Å². The fourth-order valence-electron chi connectivity index (χ4n) is 2.14. The van der Waals surface area contributed by atoms with E-state index in [1.807, 2.05) is 31.2 Å². The Kier molecular flexibility index (Phi) is 6.33. The molecular weight excluding hydrogens is 322 g/mol. The lowest BCUT2D eigenvalue weighted by Gasteiger charge is -2.15. The van der Waals surface area contributed by atoms with Crippen molar-refractivity contribution in [2.24, 2.45) is 0 Å². The minimum absolute atomic E-state index is 0.146. The molecule has 2 rings (SSSR count). The van der Waals surface area contributed by atoms with Crippen molar-refractivity contribution < 1.29 is 19.1 Å². The van der Waals surface area contributed by atoms with Crippen LogP contribution in [0.2, 0.25) is 0 Å². The van der Waals surface area contributed by atoms with Crippen molar-refractivity contribution in [3.05, 3.63) is 48.2 Å². The Morgan fingerprint density at radius 2 is 1.88 bits per heavy atom. The highest BCUT2D eigenvalue weighted by Crippen LogP contribution is 2.17. The van der Waals surface area contributed by atoms with Crippen molar-refractivity contribution >= 4 is 17.5 Å². The van der Waals surface area contributed by atoms with E-state index in [-0.39, 0.29) is 24.5 Å². The smallest absolute Gasteiger partial charge is 0.258 e. The van der Waals surface area contributed by atoms with Crippen molar-refractivity contribution in [2.75, 3.05) is 19.0 Å². The Bertz CT molecular complexity index is 714. The van der Waals surface area contributed by atoms with Gasteiger partial charge in [0.25, 0.3) is 5.91 Å². The van der Waals surface area contributed by atoms with Gasteiger partial charge in [-0.25, -0.2) is 4.98 Å². The monoisotopic (exact) mass is 343 g/mol. The largest absolute Gasteiger partial charge is 0.497 e. The number of rotatable bonds is 7. The van der Waals surface area contributed by atoms with E-state index < -0.39 is 0 Å². The number of carbonyl (C=O) groups is 2. The summed E-state index contributed by atoms with van der Waals surface area (Å²) in [6, 6.07) is 10.6. The van der Waals surface area contributed by atoms with E-state index in [2.05, 4.69) is 15.6 Å². The van der Waals surface area contributed by atoms with E-state index in [4.69, 9.17) is 9.47 Å². The second-order valence-electron chi connectivity index (χ2n) is 5.42. The first-order valence-corrected chi connectivity index (χ1v) is 7.77. The molecule has 1 aromatic carbocycles. The molecule has 1 unspecified atom stereocenters. The Hall–Kier alpha value is -3.09. The molecule has 0 radical (unpaired) electrons. The molecule has 0 aliphatic heterocycles. The van der Waals surface area contributed by atoms with E-state index in [9.17, 15) is 9.59 Å². The van der Waals surface area contributed by atoms with Crippen LogP contribution in [-0.2, 0) is 9.59 Å². The molecule has 25 heavy (non-hydrogen) atoms. The zero-order chi connectivity index (χ0) is 18.2. The maximum Gasteiger partial charge on any atom is 0.258 e. The second kappa shape index (κ2) is 8.68. The van der Waals surface area contributed by atoms with Gasteiger partial charge in [-0.2, -0.15) is 0 Å². The molecule has 2 amide bonds. The third kappa shape index (κ3) is 5.80. The molecule has 0 aliphatic carbocycles. The molecule has 0 saturated heterocycles. The Morgan fingerprint density at radius 3 is 2.44 bits per heavy atom. The van der Waals surface area contributed by atoms with Gasteiger partial charge in [-0.1, -0.05) is 12.1 Å². The van der Waals surface area contributed by atoms with Crippen LogP contribution in [-0.4, -0.2) is 30.5 Å². The molecule has 0 bridgehead atoms. The molecule has 1 aromatic heterocycles. The van der Waals surface area contributed by atoms with Gasteiger partial charge in [0.1, 0.15) is 5.75 Å². The number of carbonyl (C=O) groups excluding carboxylic acids is 2. The summed E-state index contributed by atoms with van der Waals surface area (Å²) in [6.07, 6.45) is 1.47. The lowest BCUT2D eigenvalue weighted by atomic mass is 10.1. The van der Waals surface area contributed by atoms with Crippen molar-refractivity contribution in [3.63, 3.8) is 0 Å². The standard InChI is InChI=1S/C18H21N3O4/c1-12(14-4-7-16(24-3)8-5-14)20-17(23)11-25-18-9-6-15(10-19-18)21-13(2)22/h4-10,12H,11H2,1-3H3,(H,20,23)(H,21,22). The van der Waals surface area contributed by atoms with Crippen molar-refractivity contribution in [2.45, 2.75) is 19.9 Å². The molecule has 0 spiro atoms. The molecule has 7 heteroatoms. The number of hydrogen-bond acceptors (Lipinski definition) is 5. The first-order chi connectivity index (χ1) is 12.0. The molecule has 1 heterocycles. The van der Waals surface area contributed by atoms with Crippen molar-refractivity contribution in [1.29, 1.82) is 0 Å². The maximum atomic E-state index is 12.0. The van der Waals surface area contributed by atoms with E-state index >= 15 is 0 Å². The number of methoxy groups -OCH3 is 1. The van der Waals surface area contributed by atoms with Crippen molar-refractivity contribution in [3.8, 4) is 11.6 Å². The molecule has 0 fully saturated rings. The fourth-order valence-corrected chi connectivity index (χ4v) is 2.14. The minimum Gasteiger partial charge on any atom is -0.497 e. The van der Waals surface area contributed by atoms with Crippen LogP contribution in [0.5, 0.6) is 11.6 Å². The van der Waals surface area contributed by atoms with Gasteiger partial charge in [-0.05, 0) is 30.7 Å². The highest BCUT2D eigenvalue weighted by molar-refractivity contribution is 5.88. The van der Waals surface area contributed by atoms with Gasteiger partial charge in [-0.3, -0.25) is 9.59 Å². The minimum atomic E-state index is -0.254. The lowest BCUT2D eigenvalue weighted by Crippen LogP contribution is -2.31. The number of benzene rings is 1. The normalized spacial score (nSPS) is 11.3. The Balaban J connectivity index is 1.82. The van der Waals surface area contributed by atoms with Crippen LogP contribution in [0.25, 0.3) is 0 Å². The van der Waals surface area contributed by atoms with Crippen molar-refractivity contribution in [1.82, 2.24) is 10.3 Å². The summed E-state index contributed by atoms with van der Waals surface area (Å²) >= 11 is 0. The molecule has 2 N–H and O–H groups in total. The highest BCUT2D eigenvalue weighted by atomic mass is 16.5. The molecule has 132 valence electrons. The van der Waals surface area contributed by atoms with Gasteiger partial charge >= 0.3 is 0 Å². The van der Waals surface area contributed by atoms with Gasteiger partial charge in [0.2, 0.25) is 11.8 Å². The zero-order valence-corrected chi connectivity index (χ0v) is 14.4. The third-order valence-corrected chi connectivity index (χ3v) is 3.40. The summed E-state index contributed by atoms with van der Waals surface area (Å²) in [5.41, 5.74) is 1.53. The summed E-state index contributed by atoms with van der Waals surface area (Å²) in [5, 5.41) is 5.46. The maximum absolute atomic E-state index is 12.0. The molecule has 1 atom stereocenters. The van der Waals surface area contributed by atoms with Gasteiger partial charge < -0.3 is 20.1 Å². The number of anilines is 1. The second-order valence-corrected chi connectivity index (χ2v) is 5.42. The van der Waals surface area contributed by atoms with E-state index in [0.717, 1.165) is 11.3 Å². The molecule has 7 nitrogen and oxygen atoms in total. The van der Waals surface area contributed by atoms with E-state index in [0.29, 0.717) is 11.6 Å². The van der Waals surface area contributed by atoms with Gasteiger partial charge in [0, 0.05) is 13.0 Å². The fraction of sp³-hybridized carbons (Fsp3) is 0.278. The molecular formula is C18H21N3O4. The number of ether oxygens (including phenoxy) is 2. The Labute approximate surface area is 146 Å². The molecule has 0 saturated carbocycles. The first kappa shape index (κ1) is 18.3. The number of aromatic nitrogens is 1. The summed E-state index contributed by atoms with van der Waals surface area (Å²) < 4.78 is 10.5. The van der Waals surface area contributed by atoms with Crippen LogP contribution < -0.4 is 20.1 Å². The average Bonchev–Trinajstić information content (AvgIpc) is 2.60. The van der Waals surface area contributed by atoms with Crippen LogP contribution >= 0.6 is 0 Å². The predicted molar refractivity (Wildman–Crippen MR) is 93.6 cm³/mol. The average molecular weight is 343 g/mol. The number of pyridine rings is 1. The number of nitrogens with zero attached hydrogens (tertiary/aromatic N) is 1. The molecule has 0 aliphatic rings. The topological polar surface area (TPSA) is 89.5 Å². The Morgan fingerprint density at radius 1 is 1.16 bits per heavy atom. The number of amides is 2. The lowest BCUT2D eigenvalue weighted by molar-refractivity contribution is -0.123. The quantitative estimate of drug-likeness (QED) is 0.805. The summed E-state index contributed by atoms with van der Waals surface area (Å²) in [5.74, 6) is 0.638. The highest BCUT2D eigenvalue weighted by Gasteiger charge is 2.10. The summed E-state index contributed by atoms with van der Waals surface area (Å²) in [4.78, 5) is 27.0. The molecule has 2 aromatic rings. The van der Waals surface area contributed by atoms with Crippen LogP contribution in [0.4, 0.5) is 5.69 Å². The SMILES string of the molecule is COc1ccc(C(C)NC(=O)COc2ccc(NC(C)=O)cn2)cc1. The third-order valence-electron chi connectivity index (χ3n) is 3.40. The van der Waals surface area contributed by atoms with Crippen LogP contribution in [0.1, 0.15) is 25.5 Å². The van der Waals surface area contributed by atoms with Gasteiger partial charge in [0.05, 0.1) is 25.0 Å². The van der Waals surface area contributed by atoms with Gasteiger partial charge in [-0.15, -0.1) is 0 Å². The number of hydrogen-bond donors (Lipinski definition) is 2. The van der Waals surface area contributed by atoms with Crippen LogP contribution in [0.15, 0.2) is 42.6 Å². The van der Waals surface area contributed by atoms with E-state index in [1.165, 1.54) is 13.1 Å². The van der Waals surface area contributed by atoms with Crippen LogP contribution in [0, 0.1) is 0 Å². The first-order valence-electron chi connectivity index (χ1n) is 7.77. The predicted octanol–water partition coefficient (Wildman–Crippen LogP) is 2.30. The number of nitrogens with one attached hydrogen (secondary N) is 2. The summed E-state index contributed by atoms with van der Waals surface area (Å²) in [6.45, 7) is 3.16.